The van der Waals surface area contributed by atoms with Gasteiger partial charge in [0.05, 0.1) is 0 Å². The molecule has 1 heterocycles. The van der Waals surface area contributed by atoms with Crippen LogP contribution in [0.2, 0.25) is 0 Å². The summed E-state index contributed by atoms with van der Waals surface area (Å²) < 4.78 is 0. The van der Waals surface area contributed by atoms with Gasteiger partial charge in [0, 0.05) is 12.5 Å². The fourth-order valence-corrected chi connectivity index (χ4v) is 4.08. The lowest BCUT2D eigenvalue weighted by Gasteiger charge is -2.56. The first-order valence-corrected chi connectivity index (χ1v) is 7.47. The first-order valence-electron chi connectivity index (χ1n) is 7.47. The lowest BCUT2D eigenvalue weighted by molar-refractivity contribution is -0.0214. The average molecular weight is 243 g/mol. The summed E-state index contributed by atoms with van der Waals surface area (Å²) in [4.78, 5) is 0. The van der Waals surface area contributed by atoms with Gasteiger partial charge in [-0.25, -0.2) is 0 Å². The minimum Gasteiger partial charge on any atom is -0.316 e. The molecule has 0 aromatic heterocycles. The molecule has 1 nitrogen and oxygen atoms in total. The summed E-state index contributed by atoms with van der Waals surface area (Å²) in [6, 6.07) is 11.2. The number of rotatable bonds is 2. The fourth-order valence-electron chi connectivity index (χ4n) is 4.08. The zero-order chi connectivity index (χ0) is 12.6. The second-order valence-corrected chi connectivity index (χ2v) is 6.69. The van der Waals surface area contributed by atoms with E-state index in [0.717, 1.165) is 17.8 Å². The number of hydrogen-bond donors (Lipinski definition) is 1. The molecule has 2 aliphatic rings. The molecule has 1 aromatic rings. The minimum absolute atomic E-state index is 0.613. The van der Waals surface area contributed by atoms with E-state index in [9.17, 15) is 0 Å². The number of benzene rings is 1. The standard InChI is InChI=1S/C17H25N/c1-13(2)15-10-17(11-15)8-9-18-12-16(17)14-6-4-3-5-7-14/h3-7,13,15-16,18H,8-12H2,1-2H3. The van der Waals surface area contributed by atoms with Gasteiger partial charge in [0.1, 0.15) is 0 Å². The van der Waals surface area contributed by atoms with Gasteiger partial charge in [-0.15, -0.1) is 0 Å². The summed E-state index contributed by atoms with van der Waals surface area (Å²) in [6.07, 6.45) is 4.27. The van der Waals surface area contributed by atoms with Crippen molar-refractivity contribution in [1.29, 1.82) is 0 Å². The van der Waals surface area contributed by atoms with E-state index < -0.39 is 0 Å². The van der Waals surface area contributed by atoms with Crippen molar-refractivity contribution in [1.82, 2.24) is 5.32 Å². The topological polar surface area (TPSA) is 12.0 Å². The van der Waals surface area contributed by atoms with Crippen molar-refractivity contribution < 1.29 is 0 Å². The Labute approximate surface area is 111 Å². The van der Waals surface area contributed by atoms with Crippen molar-refractivity contribution in [2.45, 2.75) is 39.0 Å². The van der Waals surface area contributed by atoms with Gasteiger partial charge >= 0.3 is 0 Å². The van der Waals surface area contributed by atoms with E-state index in [0.29, 0.717) is 5.41 Å². The average Bonchev–Trinajstić information content (AvgIpc) is 2.36. The van der Waals surface area contributed by atoms with Crippen molar-refractivity contribution in [3.63, 3.8) is 0 Å². The van der Waals surface area contributed by atoms with Gasteiger partial charge in [0.25, 0.3) is 0 Å². The van der Waals surface area contributed by atoms with Crippen molar-refractivity contribution in [2.75, 3.05) is 13.1 Å². The molecule has 2 fully saturated rings. The molecular formula is C17H25N. The van der Waals surface area contributed by atoms with E-state index in [4.69, 9.17) is 0 Å². The third kappa shape index (κ3) is 1.99. The van der Waals surface area contributed by atoms with Gasteiger partial charge < -0.3 is 5.32 Å². The van der Waals surface area contributed by atoms with Crippen LogP contribution in [-0.2, 0) is 0 Å². The second kappa shape index (κ2) is 4.70. The van der Waals surface area contributed by atoms with Gasteiger partial charge in [0.15, 0.2) is 0 Å². The molecule has 1 atom stereocenters. The summed E-state index contributed by atoms with van der Waals surface area (Å²) >= 11 is 0. The molecule has 1 heteroatoms. The van der Waals surface area contributed by atoms with Crippen LogP contribution >= 0.6 is 0 Å². The Bertz CT molecular complexity index is 389. The maximum Gasteiger partial charge on any atom is 0.00255 e. The molecule has 1 aliphatic heterocycles. The van der Waals surface area contributed by atoms with Gasteiger partial charge in [-0.3, -0.25) is 0 Å². The second-order valence-electron chi connectivity index (χ2n) is 6.69. The quantitative estimate of drug-likeness (QED) is 0.832. The van der Waals surface area contributed by atoms with Crippen molar-refractivity contribution in [3.8, 4) is 0 Å². The lowest BCUT2D eigenvalue weighted by Crippen LogP contribution is -2.51. The van der Waals surface area contributed by atoms with E-state index in [1.54, 1.807) is 5.56 Å². The molecule has 98 valence electrons. The van der Waals surface area contributed by atoms with E-state index in [-0.39, 0.29) is 0 Å². The van der Waals surface area contributed by atoms with Crippen LogP contribution in [0.15, 0.2) is 30.3 Å². The summed E-state index contributed by atoms with van der Waals surface area (Å²) in [6.45, 7) is 7.16. The van der Waals surface area contributed by atoms with E-state index in [2.05, 4.69) is 49.5 Å². The normalized spacial score (nSPS) is 35.7. The highest BCUT2D eigenvalue weighted by molar-refractivity contribution is 5.25. The van der Waals surface area contributed by atoms with Gasteiger partial charge in [-0.05, 0) is 48.6 Å². The molecule has 3 rings (SSSR count). The molecule has 1 unspecified atom stereocenters. The van der Waals surface area contributed by atoms with Crippen LogP contribution in [0.25, 0.3) is 0 Å². The third-order valence-corrected chi connectivity index (χ3v) is 5.37. The fraction of sp³-hybridized carbons (Fsp3) is 0.647. The molecule has 0 radical (unpaired) electrons. The smallest absolute Gasteiger partial charge is 0.00255 e. The van der Waals surface area contributed by atoms with Gasteiger partial charge in [-0.2, -0.15) is 0 Å². The Morgan fingerprint density at radius 3 is 2.56 bits per heavy atom. The molecule has 0 bridgehead atoms. The van der Waals surface area contributed by atoms with E-state index in [1.165, 1.54) is 32.4 Å². The molecule has 1 N–H and O–H groups in total. The van der Waals surface area contributed by atoms with Crippen LogP contribution in [0.4, 0.5) is 0 Å². The molecule has 1 aromatic carbocycles. The van der Waals surface area contributed by atoms with Crippen molar-refractivity contribution >= 4 is 0 Å². The van der Waals surface area contributed by atoms with Crippen molar-refractivity contribution in [2.24, 2.45) is 17.3 Å². The Hall–Kier alpha value is -0.820. The maximum atomic E-state index is 3.60. The van der Waals surface area contributed by atoms with Crippen LogP contribution in [-0.4, -0.2) is 13.1 Å². The van der Waals surface area contributed by atoms with E-state index >= 15 is 0 Å². The van der Waals surface area contributed by atoms with Crippen LogP contribution in [0.5, 0.6) is 0 Å². The predicted octanol–water partition coefficient (Wildman–Crippen LogP) is 3.82. The number of nitrogens with one attached hydrogen (secondary N) is 1. The Balaban J connectivity index is 1.80. The zero-order valence-corrected chi connectivity index (χ0v) is 11.7. The highest BCUT2D eigenvalue weighted by atomic mass is 14.9. The largest absolute Gasteiger partial charge is 0.316 e. The molecule has 18 heavy (non-hydrogen) atoms. The number of piperidine rings is 1. The molecular weight excluding hydrogens is 218 g/mol. The lowest BCUT2D eigenvalue weighted by atomic mass is 9.50. The van der Waals surface area contributed by atoms with Gasteiger partial charge in [-0.1, -0.05) is 44.2 Å². The number of hydrogen-bond acceptors (Lipinski definition) is 1. The highest BCUT2D eigenvalue weighted by Crippen LogP contribution is 2.59. The summed E-state index contributed by atoms with van der Waals surface area (Å²) in [5.41, 5.74) is 2.16. The molecule has 0 amide bonds. The minimum atomic E-state index is 0.613. The summed E-state index contributed by atoms with van der Waals surface area (Å²) in [7, 11) is 0. The first kappa shape index (κ1) is 12.2. The summed E-state index contributed by atoms with van der Waals surface area (Å²) in [5.74, 6) is 2.57. The van der Waals surface area contributed by atoms with Crippen molar-refractivity contribution in [3.05, 3.63) is 35.9 Å². The first-order chi connectivity index (χ1) is 8.71. The van der Waals surface area contributed by atoms with Crippen LogP contribution in [0.3, 0.4) is 0 Å². The molecule has 1 saturated carbocycles. The van der Waals surface area contributed by atoms with Crippen LogP contribution in [0.1, 0.15) is 44.6 Å². The molecule has 1 spiro atoms. The maximum absolute atomic E-state index is 3.60. The Morgan fingerprint density at radius 1 is 1.17 bits per heavy atom. The van der Waals surface area contributed by atoms with Gasteiger partial charge in [0.2, 0.25) is 0 Å². The molecule has 1 aliphatic carbocycles. The third-order valence-electron chi connectivity index (χ3n) is 5.37. The highest BCUT2D eigenvalue weighted by Gasteiger charge is 2.51. The van der Waals surface area contributed by atoms with Crippen LogP contribution < -0.4 is 5.32 Å². The van der Waals surface area contributed by atoms with E-state index in [1.807, 2.05) is 0 Å². The zero-order valence-electron chi connectivity index (χ0n) is 11.7. The summed E-state index contributed by atoms with van der Waals surface area (Å²) in [5, 5.41) is 3.60. The SMILES string of the molecule is CC(C)C1CC2(CCNCC2c2ccccc2)C1. The van der Waals surface area contributed by atoms with Crippen LogP contribution in [0, 0.1) is 17.3 Å². The monoisotopic (exact) mass is 243 g/mol. The Kier molecular flexibility index (Phi) is 3.19. The predicted molar refractivity (Wildman–Crippen MR) is 76.7 cm³/mol. The molecule has 1 saturated heterocycles. The Morgan fingerprint density at radius 2 is 1.89 bits per heavy atom.